The van der Waals surface area contributed by atoms with Gasteiger partial charge >= 0.3 is 0 Å². The van der Waals surface area contributed by atoms with E-state index in [1.165, 1.54) is 0 Å². The van der Waals surface area contributed by atoms with Crippen molar-refractivity contribution in [1.82, 2.24) is 0 Å². The van der Waals surface area contributed by atoms with E-state index in [9.17, 15) is 4.79 Å². The van der Waals surface area contributed by atoms with Crippen molar-refractivity contribution in [1.29, 1.82) is 0 Å². The van der Waals surface area contributed by atoms with E-state index >= 15 is 0 Å². The van der Waals surface area contributed by atoms with Crippen molar-refractivity contribution in [2.45, 2.75) is 6.42 Å². The number of ether oxygens (including phenoxy) is 1. The molecule has 2 rings (SSSR count). The molecule has 1 heterocycles. The van der Waals surface area contributed by atoms with Gasteiger partial charge in [0.15, 0.2) is 5.78 Å². The van der Waals surface area contributed by atoms with Gasteiger partial charge in [-0.2, -0.15) is 0 Å². The highest BCUT2D eigenvalue weighted by atomic mass is 16.5. The fourth-order valence-corrected chi connectivity index (χ4v) is 1.55. The maximum Gasteiger partial charge on any atom is 0.151 e. The quantitative estimate of drug-likeness (QED) is 0.540. The van der Waals surface area contributed by atoms with E-state index in [4.69, 9.17) is 4.74 Å². The van der Waals surface area contributed by atoms with Gasteiger partial charge in [-0.05, 0) is 11.6 Å². The molecule has 2 nitrogen and oxygen atoms in total. The number of carbonyl (C=O) groups is 1. The van der Waals surface area contributed by atoms with E-state index < -0.39 is 0 Å². The Hall–Kier alpha value is -1.31. The number of Topliss-reactive ketones (excluding diaryl/α,β-unsaturated/α-hetero) is 1. The predicted octanol–water partition coefficient (Wildman–Crippen LogP) is 1.60. The third kappa shape index (κ3) is 0.998. The summed E-state index contributed by atoms with van der Waals surface area (Å²) in [5, 5.41) is 0. The summed E-state index contributed by atoms with van der Waals surface area (Å²) in [5.41, 5.74) is 0.845. The molecule has 1 fully saturated rings. The number of ketones is 1. The van der Waals surface area contributed by atoms with E-state index in [1.807, 2.05) is 18.2 Å². The highest BCUT2D eigenvalue weighted by Crippen LogP contribution is 2.30. The zero-order valence-corrected chi connectivity index (χ0v) is 6.75. The predicted molar refractivity (Wildman–Crippen MR) is 45.4 cm³/mol. The van der Waals surface area contributed by atoms with Gasteiger partial charge in [0.1, 0.15) is 5.76 Å². The topological polar surface area (TPSA) is 26.3 Å². The highest BCUT2D eigenvalue weighted by Gasteiger charge is 2.30. The van der Waals surface area contributed by atoms with Gasteiger partial charge in [-0.25, -0.2) is 0 Å². The number of allylic oxidation sites excluding steroid dienone is 4. The standard InChI is InChI=1S/C10H10O2/c1-7-3-2-4-9-10(7)8(11)5-6-12-9/h2-4,10H,1,5-6H2. The summed E-state index contributed by atoms with van der Waals surface area (Å²) in [5.74, 6) is 0.796. The molecule has 1 atom stereocenters. The molecule has 0 saturated carbocycles. The van der Waals surface area contributed by atoms with Gasteiger partial charge in [0.2, 0.25) is 0 Å². The maximum atomic E-state index is 11.4. The van der Waals surface area contributed by atoms with Gasteiger partial charge in [0, 0.05) is 6.42 Å². The largest absolute Gasteiger partial charge is 0.496 e. The first kappa shape index (κ1) is 7.35. The van der Waals surface area contributed by atoms with Crippen LogP contribution in [0.1, 0.15) is 6.42 Å². The van der Waals surface area contributed by atoms with Crippen LogP contribution in [0.4, 0.5) is 0 Å². The van der Waals surface area contributed by atoms with Crippen LogP contribution >= 0.6 is 0 Å². The van der Waals surface area contributed by atoms with Crippen LogP contribution in [0.15, 0.2) is 36.1 Å². The second-order valence-electron chi connectivity index (χ2n) is 3.00. The van der Waals surface area contributed by atoms with Gasteiger partial charge < -0.3 is 4.74 Å². The SMILES string of the molecule is C=C1C=CC=C2OCCC(=O)C12. The van der Waals surface area contributed by atoms with Crippen LogP contribution in [0.25, 0.3) is 0 Å². The van der Waals surface area contributed by atoms with Gasteiger partial charge in [0.05, 0.1) is 12.5 Å². The molecule has 1 aliphatic carbocycles. The number of rotatable bonds is 0. The molecule has 62 valence electrons. The molecule has 0 aromatic rings. The third-order valence-corrected chi connectivity index (χ3v) is 2.17. The van der Waals surface area contributed by atoms with Crippen molar-refractivity contribution < 1.29 is 9.53 Å². The second-order valence-corrected chi connectivity index (χ2v) is 3.00. The minimum absolute atomic E-state index is 0.191. The summed E-state index contributed by atoms with van der Waals surface area (Å²) in [6.45, 7) is 4.34. The third-order valence-electron chi connectivity index (χ3n) is 2.17. The molecule has 0 aromatic carbocycles. The number of hydrogen-bond donors (Lipinski definition) is 0. The minimum Gasteiger partial charge on any atom is -0.496 e. The Bertz CT molecular complexity index is 297. The molecular weight excluding hydrogens is 152 g/mol. The van der Waals surface area contributed by atoms with Crippen molar-refractivity contribution in [3.63, 3.8) is 0 Å². The van der Waals surface area contributed by atoms with E-state index in [1.54, 1.807) is 0 Å². The molecule has 1 aliphatic heterocycles. The van der Waals surface area contributed by atoms with Crippen molar-refractivity contribution in [2.75, 3.05) is 6.61 Å². The lowest BCUT2D eigenvalue weighted by atomic mass is 9.87. The van der Waals surface area contributed by atoms with Crippen molar-refractivity contribution in [3.8, 4) is 0 Å². The Morgan fingerprint density at radius 1 is 1.58 bits per heavy atom. The fraction of sp³-hybridized carbons (Fsp3) is 0.300. The molecule has 1 unspecified atom stereocenters. The van der Waals surface area contributed by atoms with Crippen molar-refractivity contribution >= 4 is 5.78 Å². The lowest BCUT2D eigenvalue weighted by Gasteiger charge is -2.26. The average Bonchev–Trinajstić information content (AvgIpc) is 2.04. The van der Waals surface area contributed by atoms with Crippen LogP contribution in [0, 0.1) is 5.92 Å². The van der Waals surface area contributed by atoms with E-state index in [-0.39, 0.29) is 11.7 Å². The Labute approximate surface area is 71.2 Å². The molecule has 0 bridgehead atoms. The van der Waals surface area contributed by atoms with Crippen LogP contribution in [-0.2, 0) is 9.53 Å². The summed E-state index contributed by atoms with van der Waals surface area (Å²) in [7, 11) is 0. The van der Waals surface area contributed by atoms with Crippen molar-refractivity contribution in [3.05, 3.63) is 36.1 Å². The first-order valence-electron chi connectivity index (χ1n) is 4.01. The van der Waals surface area contributed by atoms with E-state index in [0.29, 0.717) is 13.0 Å². The fourth-order valence-electron chi connectivity index (χ4n) is 1.55. The van der Waals surface area contributed by atoms with Crippen molar-refractivity contribution in [2.24, 2.45) is 5.92 Å². The lowest BCUT2D eigenvalue weighted by Crippen LogP contribution is -2.27. The van der Waals surface area contributed by atoms with Crippen LogP contribution in [0.3, 0.4) is 0 Å². The Morgan fingerprint density at radius 2 is 2.42 bits per heavy atom. The number of carbonyl (C=O) groups excluding carboxylic acids is 1. The molecule has 0 amide bonds. The molecule has 0 N–H and O–H groups in total. The zero-order valence-electron chi connectivity index (χ0n) is 6.75. The Kier molecular flexibility index (Phi) is 1.61. The van der Waals surface area contributed by atoms with Gasteiger partial charge in [0.25, 0.3) is 0 Å². The normalized spacial score (nSPS) is 27.7. The summed E-state index contributed by atoms with van der Waals surface area (Å²) < 4.78 is 5.35. The smallest absolute Gasteiger partial charge is 0.151 e. The molecular formula is C10H10O2. The van der Waals surface area contributed by atoms with Gasteiger partial charge in [-0.15, -0.1) is 0 Å². The van der Waals surface area contributed by atoms with E-state index in [2.05, 4.69) is 6.58 Å². The Balaban J connectivity index is 2.35. The minimum atomic E-state index is -0.191. The van der Waals surface area contributed by atoms with Crippen LogP contribution in [-0.4, -0.2) is 12.4 Å². The molecule has 0 spiro atoms. The van der Waals surface area contributed by atoms with Crippen LogP contribution in [0.2, 0.25) is 0 Å². The first-order valence-corrected chi connectivity index (χ1v) is 4.01. The van der Waals surface area contributed by atoms with Gasteiger partial charge in [-0.3, -0.25) is 4.79 Å². The maximum absolute atomic E-state index is 11.4. The molecule has 0 radical (unpaired) electrons. The Morgan fingerprint density at radius 3 is 3.17 bits per heavy atom. The first-order chi connectivity index (χ1) is 5.79. The number of fused-ring (bicyclic) bond motifs is 1. The monoisotopic (exact) mass is 162 g/mol. The van der Waals surface area contributed by atoms with Crippen LogP contribution < -0.4 is 0 Å². The summed E-state index contributed by atoms with van der Waals surface area (Å²) >= 11 is 0. The highest BCUT2D eigenvalue weighted by molar-refractivity contribution is 5.88. The zero-order chi connectivity index (χ0) is 8.55. The molecule has 1 saturated heterocycles. The van der Waals surface area contributed by atoms with Gasteiger partial charge in [-0.1, -0.05) is 18.7 Å². The molecule has 2 heteroatoms. The molecule has 0 aromatic heterocycles. The lowest BCUT2D eigenvalue weighted by molar-refractivity contribution is -0.125. The second kappa shape index (κ2) is 2.63. The summed E-state index contributed by atoms with van der Waals surface area (Å²) in [6.07, 6.45) is 6.08. The summed E-state index contributed by atoms with van der Waals surface area (Å²) in [6, 6.07) is 0. The summed E-state index contributed by atoms with van der Waals surface area (Å²) in [4.78, 5) is 11.4. The molecule has 12 heavy (non-hydrogen) atoms. The van der Waals surface area contributed by atoms with E-state index in [0.717, 1.165) is 11.3 Å². The molecule has 2 aliphatic rings. The van der Waals surface area contributed by atoms with Crippen LogP contribution in [0.5, 0.6) is 0 Å². The average molecular weight is 162 g/mol. The number of hydrogen-bond acceptors (Lipinski definition) is 2.